The van der Waals surface area contributed by atoms with E-state index in [1.165, 1.54) is 11.1 Å². The van der Waals surface area contributed by atoms with E-state index in [2.05, 4.69) is 26.5 Å². The van der Waals surface area contributed by atoms with E-state index in [1.54, 1.807) is 0 Å². The van der Waals surface area contributed by atoms with Crippen molar-refractivity contribution >= 4 is 5.78 Å². The quantitative estimate of drug-likeness (QED) is 0.747. The molecule has 2 atom stereocenters. The average Bonchev–Trinajstić information content (AvgIpc) is 2.29. The van der Waals surface area contributed by atoms with Crippen molar-refractivity contribution < 1.29 is 9.90 Å². The maximum absolute atomic E-state index is 11.9. The molecule has 0 amide bonds. The first-order valence-corrected chi connectivity index (χ1v) is 6.49. The molecule has 1 aliphatic carbocycles. The minimum Gasteiger partial charge on any atom is -0.396 e. The van der Waals surface area contributed by atoms with E-state index in [4.69, 9.17) is 0 Å². The van der Waals surface area contributed by atoms with Crippen LogP contribution >= 0.6 is 0 Å². The van der Waals surface area contributed by atoms with Gasteiger partial charge in [-0.25, -0.2) is 0 Å². The lowest BCUT2D eigenvalue weighted by Gasteiger charge is -2.21. The molecule has 1 rings (SSSR count). The smallest absolute Gasteiger partial charge is 0.138 e. The van der Waals surface area contributed by atoms with Crippen molar-refractivity contribution in [3.05, 3.63) is 23.8 Å². The number of ketones is 1. The van der Waals surface area contributed by atoms with Crippen molar-refractivity contribution in [3.8, 4) is 0 Å². The molecule has 96 valence electrons. The zero-order chi connectivity index (χ0) is 12.8. The number of hydrogen-bond acceptors (Lipinski definition) is 2. The summed E-state index contributed by atoms with van der Waals surface area (Å²) in [5.41, 5.74) is 2.46. The molecule has 0 saturated carbocycles. The van der Waals surface area contributed by atoms with Crippen LogP contribution in [0.3, 0.4) is 0 Å². The molecular weight excluding hydrogens is 212 g/mol. The Morgan fingerprint density at radius 2 is 2.18 bits per heavy atom. The molecule has 0 saturated heterocycles. The Morgan fingerprint density at radius 1 is 1.47 bits per heavy atom. The first-order chi connectivity index (χ1) is 8.04. The Bertz CT molecular complexity index is 315. The van der Waals surface area contributed by atoms with E-state index in [9.17, 15) is 9.90 Å². The van der Waals surface area contributed by atoms with E-state index in [-0.39, 0.29) is 18.3 Å². The summed E-state index contributed by atoms with van der Waals surface area (Å²) in [6.07, 6.45) is 6.42. The minimum atomic E-state index is -0.164. The first kappa shape index (κ1) is 14.2. The zero-order valence-electron chi connectivity index (χ0n) is 11.0. The molecule has 1 N–H and O–H groups in total. The second kappa shape index (κ2) is 6.75. The van der Waals surface area contributed by atoms with Gasteiger partial charge in [-0.1, -0.05) is 23.8 Å². The molecule has 0 radical (unpaired) electrons. The number of hydrogen-bond donors (Lipinski definition) is 1. The van der Waals surface area contributed by atoms with Crippen LogP contribution in [-0.2, 0) is 4.79 Å². The van der Waals surface area contributed by atoms with Gasteiger partial charge in [0, 0.05) is 12.3 Å². The highest BCUT2D eigenvalue weighted by atomic mass is 16.3. The summed E-state index contributed by atoms with van der Waals surface area (Å²) in [5.74, 6) is 0.496. The standard InChI is InChI=1S/C15H24O2/c1-11(2)13-6-4-12(3)5-9-15(17)14(10-16)8-7-13/h4,13-14,16H,1,5-10H2,2-3H3/b12-4+/t13-,14?/m0/s1. The SMILES string of the molecule is C=C(C)[C@H]1C/C=C(\C)CCC(=O)C(CO)CC1. The number of Topliss-reactive ketones (excluding diaryl/α,β-unsaturated/α-hetero) is 1. The van der Waals surface area contributed by atoms with Gasteiger partial charge in [-0.05, 0) is 45.4 Å². The van der Waals surface area contributed by atoms with Gasteiger partial charge in [0.25, 0.3) is 0 Å². The molecule has 1 unspecified atom stereocenters. The molecule has 0 aromatic rings. The van der Waals surface area contributed by atoms with Crippen LogP contribution in [-0.4, -0.2) is 17.5 Å². The molecule has 1 aliphatic rings. The van der Waals surface area contributed by atoms with Crippen LogP contribution < -0.4 is 0 Å². The van der Waals surface area contributed by atoms with Gasteiger partial charge in [0.05, 0.1) is 6.61 Å². The third kappa shape index (κ3) is 4.47. The highest BCUT2D eigenvalue weighted by molar-refractivity contribution is 5.81. The second-order valence-corrected chi connectivity index (χ2v) is 5.25. The number of carbonyl (C=O) groups excluding carboxylic acids is 1. The Kier molecular flexibility index (Phi) is 5.63. The molecule has 2 nitrogen and oxygen atoms in total. The van der Waals surface area contributed by atoms with E-state index < -0.39 is 0 Å². The summed E-state index contributed by atoms with van der Waals surface area (Å²) in [7, 11) is 0. The number of rotatable bonds is 2. The zero-order valence-corrected chi connectivity index (χ0v) is 11.0. The molecule has 17 heavy (non-hydrogen) atoms. The molecule has 0 spiro atoms. The lowest BCUT2D eigenvalue weighted by Crippen LogP contribution is -2.20. The van der Waals surface area contributed by atoms with Gasteiger partial charge in [-0.3, -0.25) is 4.79 Å². The normalized spacial score (nSPS) is 30.5. The predicted octanol–water partition coefficient (Wildman–Crippen LogP) is 3.27. The van der Waals surface area contributed by atoms with Crippen molar-refractivity contribution in [1.82, 2.24) is 0 Å². The maximum Gasteiger partial charge on any atom is 0.138 e. The van der Waals surface area contributed by atoms with Crippen LogP contribution in [0.4, 0.5) is 0 Å². The summed E-state index contributed by atoms with van der Waals surface area (Å²) < 4.78 is 0. The van der Waals surface area contributed by atoms with E-state index in [0.29, 0.717) is 12.3 Å². The predicted molar refractivity (Wildman–Crippen MR) is 70.7 cm³/mol. The van der Waals surface area contributed by atoms with Crippen LogP contribution in [0.15, 0.2) is 23.8 Å². The molecule has 2 heteroatoms. The van der Waals surface area contributed by atoms with E-state index in [1.807, 2.05) is 0 Å². The van der Waals surface area contributed by atoms with Crippen LogP contribution in [0.5, 0.6) is 0 Å². The summed E-state index contributed by atoms with van der Waals surface area (Å²) in [6, 6.07) is 0. The van der Waals surface area contributed by atoms with Crippen LogP contribution in [0.25, 0.3) is 0 Å². The maximum atomic E-state index is 11.9. The molecule has 0 aromatic heterocycles. The fourth-order valence-corrected chi connectivity index (χ4v) is 2.29. The fraction of sp³-hybridized carbons (Fsp3) is 0.667. The van der Waals surface area contributed by atoms with Crippen LogP contribution in [0.2, 0.25) is 0 Å². The molecule has 0 fully saturated rings. The molecule has 0 aliphatic heterocycles. The minimum absolute atomic E-state index is 0.00942. The fourth-order valence-electron chi connectivity index (χ4n) is 2.29. The Labute approximate surface area is 104 Å². The monoisotopic (exact) mass is 236 g/mol. The van der Waals surface area contributed by atoms with Crippen molar-refractivity contribution in [1.29, 1.82) is 0 Å². The lowest BCUT2D eigenvalue weighted by atomic mass is 9.85. The first-order valence-electron chi connectivity index (χ1n) is 6.49. The third-order valence-electron chi connectivity index (χ3n) is 3.75. The van der Waals surface area contributed by atoms with Gasteiger partial charge in [0.1, 0.15) is 5.78 Å². The molecule has 0 heterocycles. The largest absolute Gasteiger partial charge is 0.396 e. The van der Waals surface area contributed by atoms with Crippen molar-refractivity contribution in [2.24, 2.45) is 11.8 Å². The topological polar surface area (TPSA) is 37.3 Å². The van der Waals surface area contributed by atoms with Crippen LogP contribution in [0.1, 0.15) is 46.0 Å². The Hall–Kier alpha value is -0.890. The highest BCUT2D eigenvalue weighted by Gasteiger charge is 2.20. The summed E-state index contributed by atoms with van der Waals surface area (Å²) in [6.45, 7) is 8.15. The Balaban J connectivity index is 2.77. The van der Waals surface area contributed by atoms with Gasteiger partial charge >= 0.3 is 0 Å². The Morgan fingerprint density at radius 3 is 2.76 bits per heavy atom. The average molecular weight is 236 g/mol. The number of aliphatic hydroxyl groups is 1. The van der Waals surface area contributed by atoms with Crippen molar-refractivity contribution in [2.75, 3.05) is 6.61 Å². The number of allylic oxidation sites excluding steroid dienone is 3. The summed E-state index contributed by atoms with van der Waals surface area (Å²) >= 11 is 0. The third-order valence-corrected chi connectivity index (χ3v) is 3.75. The van der Waals surface area contributed by atoms with Gasteiger partial charge in [0.2, 0.25) is 0 Å². The number of aliphatic hydroxyl groups excluding tert-OH is 1. The highest BCUT2D eigenvalue weighted by Crippen LogP contribution is 2.26. The van der Waals surface area contributed by atoms with Crippen molar-refractivity contribution in [3.63, 3.8) is 0 Å². The van der Waals surface area contributed by atoms with Gasteiger partial charge in [0.15, 0.2) is 0 Å². The van der Waals surface area contributed by atoms with E-state index >= 15 is 0 Å². The van der Waals surface area contributed by atoms with Crippen LogP contribution in [0, 0.1) is 11.8 Å². The summed E-state index contributed by atoms with van der Waals surface area (Å²) in [4.78, 5) is 11.9. The number of carbonyl (C=O) groups is 1. The summed E-state index contributed by atoms with van der Waals surface area (Å²) in [5, 5.41) is 9.27. The lowest BCUT2D eigenvalue weighted by molar-refractivity contribution is -0.124. The molecular formula is C15H24O2. The van der Waals surface area contributed by atoms with E-state index in [0.717, 1.165) is 25.7 Å². The molecule has 0 bridgehead atoms. The van der Waals surface area contributed by atoms with Crippen molar-refractivity contribution in [2.45, 2.75) is 46.0 Å². The molecule has 0 aromatic carbocycles. The second-order valence-electron chi connectivity index (χ2n) is 5.25. The van der Waals surface area contributed by atoms with Gasteiger partial charge in [-0.15, -0.1) is 0 Å². The van der Waals surface area contributed by atoms with Gasteiger partial charge < -0.3 is 5.11 Å². The van der Waals surface area contributed by atoms with Gasteiger partial charge in [-0.2, -0.15) is 0 Å².